The van der Waals surface area contributed by atoms with Crippen LogP contribution in [-0.4, -0.2) is 13.3 Å². The van der Waals surface area contributed by atoms with E-state index in [1.54, 1.807) is 0 Å². The summed E-state index contributed by atoms with van der Waals surface area (Å²) in [6.45, 7) is 0. The third kappa shape index (κ3) is 57.9. The molecule has 0 atom stereocenters. The molecule has 0 aliphatic rings. The van der Waals surface area contributed by atoms with Gasteiger partial charge in [0.1, 0.15) is 0 Å². The van der Waals surface area contributed by atoms with Crippen LogP contribution in [-0.2, 0) is 33.7 Å². The van der Waals surface area contributed by atoms with Crippen LogP contribution in [0.1, 0.15) is 0 Å². The minimum atomic E-state index is -3.11. The van der Waals surface area contributed by atoms with Crippen molar-refractivity contribution in [2.24, 2.45) is 0 Å². The summed E-state index contributed by atoms with van der Waals surface area (Å²) in [5.74, 6) is 0. The van der Waals surface area contributed by atoms with Crippen LogP contribution in [0.2, 0.25) is 0 Å². The average molecular weight is 188 g/mol. The number of hydrogen-bond acceptors (Lipinski definition) is 3. The molecule has 0 saturated carbocycles. The SMILES string of the molecule is O=S([O-])[O-].[Ag+]. The Kier molecular flexibility index (Phi) is 8.91. The molecule has 0 radical (unpaired) electrons. The number of hydrogen-bond donors (Lipinski definition) is 0. The second-order valence-corrected chi connectivity index (χ2v) is 0.612. The van der Waals surface area contributed by atoms with Gasteiger partial charge in [0.2, 0.25) is 0 Å². The molecule has 0 spiro atoms. The predicted molar refractivity (Wildman–Crippen MR) is 9.70 cm³/mol. The minimum Gasteiger partial charge on any atom is -0.784 e. The molecular weight excluding hydrogens is 188 g/mol. The van der Waals surface area contributed by atoms with Crippen LogP contribution in [0.5, 0.6) is 0 Å². The molecule has 0 aromatic heterocycles. The first kappa shape index (κ1) is 9.26. The Hall–Kier alpha value is 0.810. The predicted octanol–water partition coefficient (Wildman–Crippen LogP) is -1.01. The van der Waals surface area contributed by atoms with Crippen molar-refractivity contribution >= 4 is 11.4 Å². The summed E-state index contributed by atoms with van der Waals surface area (Å²) in [5.41, 5.74) is 0. The summed E-state index contributed by atoms with van der Waals surface area (Å²) >= 11 is -3.11. The molecule has 0 unspecified atom stereocenters. The molecule has 3 nitrogen and oxygen atoms in total. The standard InChI is InChI=1S/Ag.H2O3S/c;1-4(2)3/h;(H2,1,2,3)/q+1;/p-2. The zero-order chi connectivity index (χ0) is 3.58. The molecular formula is AgO3S-. The van der Waals surface area contributed by atoms with Gasteiger partial charge in [0, 0.05) is 0 Å². The Morgan fingerprint density at radius 3 is 1.40 bits per heavy atom. The summed E-state index contributed by atoms with van der Waals surface area (Å²) in [6, 6.07) is 0. The van der Waals surface area contributed by atoms with Gasteiger partial charge in [-0.25, -0.2) is 0 Å². The van der Waals surface area contributed by atoms with E-state index in [0.29, 0.717) is 0 Å². The monoisotopic (exact) mass is 187 g/mol. The van der Waals surface area contributed by atoms with Crippen molar-refractivity contribution in [3.05, 3.63) is 0 Å². The molecule has 5 heteroatoms. The van der Waals surface area contributed by atoms with E-state index in [1.807, 2.05) is 0 Å². The maximum absolute atomic E-state index is 8.44. The topological polar surface area (TPSA) is 63.2 Å². The van der Waals surface area contributed by atoms with Gasteiger partial charge in [-0.1, -0.05) is 0 Å². The van der Waals surface area contributed by atoms with Crippen molar-refractivity contribution in [1.82, 2.24) is 0 Å². The van der Waals surface area contributed by atoms with Crippen LogP contribution in [0.25, 0.3) is 0 Å². The summed E-state index contributed by atoms with van der Waals surface area (Å²) in [7, 11) is 0. The fraction of sp³-hybridized carbons (Fsp3) is 0. The zero-order valence-electron chi connectivity index (χ0n) is 1.93. The maximum atomic E-state index is 8.44. The van der Waals surface area contributed by atoms with E-state index in [9.17, 15) is 0 Å². The van der Waals surface area contributed by atoms with Gasteiger partial charge in [-0.05, 0) is 0 Å². The molecule has 36 valence electrons. The largest absolute Gasteiger partial charge is 1.00 e. The van der Waals surface area contributed by atoms with Gasteiger partial charge in [0.15, 0.2) is 0 Å². The van der Waals surface area contributed by atoms with Crippen LogP contribution in [0.4, 0.5) is 0 Å². The van der Waals surface area contributed by atoms with Crippen molar-refractivity contribution in [3.63, 3.8) is 0 Å². The summed E-state index contributed by atoms with van der Waals surface area (Å²) in [5, 5.41) is 0. The summed E-state index contributed by atoms with van der Waals surface area (Å²) < 4.78 is 25.3. The fourth-order valence-corrected chi connectivity index (χ4v) is 0. The van der Waals surface area contributed by atoms with Crippen LogP contribution in [0, 0.1) is 0 Å². The van der Waals surface area contributed by atoms with Gasteiger partial charge in [-0.3, -0.25) is 4.21 Å². The zero-order valence-corrected chi connectivity index (χ0v) is 4.23. The molecule has 0 aromatic rings. The van der Waals surface area contributed by atoms with Crippen LogP contribution in [0.3, 0.4) is 0 Å². The first-order valence-corrected chi connectivity index (χ1v) is 1.50. The summed E-state index contributed by atoms with van der Waals surface area (Å²) in [6.07, 6.45) is 0. The van der Waals surface area contributed by atoms with E-state index < -0.39 is 11.4 Å². The van der Waals surface area contributed by atoms with Gasteiger partial charge in [-0.2, -0.15) is 0 Å². The van der Waals surface area contributed by atoms with E-state index >= 15 is 0 Å². The Bertz CT molecular complexity index is 29.9. The molecule has 0 fully saturated rings. The van der Waals surface area contributed by atoms with Crippen molar-refractivity contribution in [2.75, 3.05) is 0 Å². The fourth-order valence-electron chi connectivity index (χ4n) is 0. The third-order valence-corrected chi connectivity index (χ3v) is 0. The van der Waals surface area contributed by atoms with Crippen molar-refractivity contribution in [2.45, 2.75) is 0 Å². The van der Waals surface area contributed by atoms with Crippen LogP contribution < -0.4 is 0 Å². The quantitative estimate of drug-likeness (QED) is 0.361. The average Bonchev–Trinajstić information content (AvgIpc) is 0.811. The molecule has 5 heavy (non-hydrogen) atoms. The first-order chi connectivity index (χ1) is 1.73. The summed E-state index contributed by atoms with van der Waals surface area (Å²) in [4.78, 5) is 0. The Morgan fingerprint density at radius 1 is 1.40 bits per heavy atom. The second kappa shape index (κ2) is 4.81. The van der Waals surface area contributed by atoms with Gasteiger partial charge in [-0.15, -0.1) is 11.4 Å². The number of rotatable bonds is 0. The van der Waals surface area contributed by atoms with Crippen LogP contribution in [0.15, 0.2) is 0 Å². The molecule has 0 N–H and O–H groups in total. The van der Waals surface area contributed by atoms with Gasteiger partial charge in [0.05, 0.1) is 0 Å². The third-order valence-electron chi connectivity index (χ3n) is 0. The Balaban J connectivity index is 0. The molecule has 0 heterocycles. The first-order valence-electron chi connectivity index (χ1n) is 0.500. The molecule has 0 amide bonds. The molecule has 0 aliphatic heterocycles. The molecule has 0 rings (SSSR count). The van der Waals surface area contributed by atoms with Gasteiger partial charge in [0.25, 0.3) is 0 Å². The molecule has 0 aromatic carbocycles. The van der Waals surface area contributed by atoms with Crippen molar-refractivity contribution in [1.29, 1.82) is 0 Å². The molecule has 0 bridgehead atoms. The normalized spacial score (nSPS) is 7.00. The van der Waals surface area contributed by atoms with Gasteiger partial charge < -0.3 is 9.11 Å². The second-order valence-electron chi connectivity index (χ2n) is 0.204. The molecule has 0 saturated heterocycles. The Labute approximate surface area is 47.4 Å². The minimum absolute atomic E-state index is 0. The maximum Gasteiger partial charge on any atom is 1.00 e. The van der Waals surface area contributed by atoms with Crippen LogP contribution >= 0.6 is 0 Å². The van der Waals surface area contributed by atoms with E-state index in [2.05, 4.69) is 0 Å². The van der Waals surface area contributed by atoms with Crippen molar-refractivity contribution < 1.29 is 35.7 Å². The van der Waals surface area contributed by atoms with Gasteiger partial charge >= 0.3 is 22.4 Å². The molecule has 0 aliphatic carbocycles. The van der Waals surface area contributed by atoms with E-state index in [4.69, 9.17) is 13.3 Å². The smallest absolute Gasteiger partial charge is 0.784 e. The van der Waals surface area contributed by atoms with Crippen molar-refractivity contribution in [3.8, 4) is 0 Å². The van der Waals surface area contributed by atoms with E-state index in [0.717, 1.165) is 0 Å². The van der Waals surface area contributed by atoms with E-state index in [1.165, 1.54) is 0 Å². The van der Waals surface area contributed by atoms with E-state index in [-0.39, 0.29) is 22.4 Å². The Morgan fingerprint density at radius 2 is 1.40 bits per heavy atom.